The molecule has 0 saturated carbocycles. The summed E-state index contributed by atoms with van der Waals surface area (Å²) in [5.74, 6) is -0.261. The maximum absolute atomic E-state index is 11.9. The average Bonchev–Trinajstić information content (AvgIpc) is 2.39. The molecule has 0 aliphatic carbocycles. The number of hydrogen-bond acceptors (Lipinski definition) is 4. The molecule has 0 aromatic carbocycles. The van der Waals surface area contributed by atoms with Crippen molar-refractivity contribution >= 4 is 5.97 Å². The third-order valence-corrected chi connectivity index (χ3v) is 3.48. The van der Waals surface area contributed by atoms with E-state index in [1.54, 1.807) is 0 Å². The first-order valence-electron chi connectivity index (χ1n) is 7.04. The molecular formula is C15H22N2O2. The van der Waals surface area contributed by atoms with Gasteiger partial charge in [0.1, 0.15) is 0 Å². The predicted octanol–water partition coefficient (Wildman–Crippen LogP) is 2.33. The number of pyridine rings is 1. The van der Waals surface area contributed by atoms with Gasteiger partial charge in [0.2, 0.25) is 0 Å². The molecule has 0 N–H and O–H groups in total. The molecule has 0 atom stereocenters. The van der Waals surface area contributed by atoms with Gasteiger partial charge in [-0.3, -0.25) is 9.88 Å². The lowest BCUT2D eigenvalue weighted by Gasteiger charge is -2.28. The van der Waals surface area contributed by atoms with Crippen molar-refractivity contribution in [1.82, 2.24) is 9.88 Å². The topological polar surface area (TPSA) is 42.4 Å². The number of aryl methyl sites for hydroxylation is 1. The van der Waals surface area contributed by atoms with Crippen LogP contribution >= 0.6 is 0 Å². The molecule has 0 saturated heterocycles. The summed E-state index contributed by atoms with van der Waals surface area (Å²) in [7, 11) is 0. The van der Waals surface area contributed by atoms with Crippen LogP contribution in [0, 0.1) is 6.92 Å². The van der Waals surface area contributed by atoms with Gasteiger partial charge in [-0.15, -0.1) is 0 Å². The van der Waals surface area contributed by atoms with Crippen molar-refractivity contribution in [2.75, 3.05) is 19.7 Å². The van der Waals surface area contributed by atoms with Gasteiger partial charge >= 0.3 is 5.97 Å². The van der Waals surface area contributed by atoms with Gasteiger partial charge < -0.3 is 4.74 Å². The number of esters is 1. The normalized spacial score (nSPS) is 15.1. The van der Waals surface area contributed by atoms with E-state index in [1.165, 1.54) is 5.56 Å². The largest absolute Gasteiger partial charge is 0.462 e. The van der Waals surface area contributed by atoms with Gasteiger partial charge in [-0.05, 0) is 38.4 Å². The standard InChI is InChI=1S/C15H22N2O2/c1-4-7-17-8-6-14-12(10-17)9-13(11(3)16-14)15(18)19-5-2/h9H,4-8,10H2,1-3H3. The average molecular weight is 262 g/mol. The SMILES string of the molecule is CCCN1CCc2nc(C)c(C(=O)OCC)cc2C1. The third-order valence-electron chi connectivity index (χ3n) is 3.48. The van der Waals surface area contributed by atoms with Crippen molar-refractivity contribution in [2.24, 2.45) is 0 Å². The fourth-order valence-electron chi connectivity index (χ4n) is 2.56. The van der Waals surface area contributed by atoms with E-state index >= 15 is 0 Å². The van der Waals surface area contributed by atoms with Crippen LogP contribution < -0.4 is 0 Å². The van der Waals surface area contributed by atoms with Gasteiger partial charge in [0.25, 0.3) is 0 Å². The van der Waals surface area contributed by atoms with E-state index in [9.17, 15) is 4.79 Å². The second kappa shape index (κ2) is 6.15. The van der Waals surface area contributed by atoms with Gasteiger partial charge in [-0.2, -0.15) is 0 Å². The van der Waals surface area contributed by atoms with Crippen molar-refractivity contribution in [3.05, 3.63) is 28.6 Å². The minimum absolute atomic E-state index is 0.261. The molecule has 1 aromatic rings. The lowest BCUT2D eigenvalue weighted by molar-refractivity contribution is 0.0524. The number of hydrogen-bond donors (Lipinski definition) is 0. The molecular weight excluding hydrogens is 240 g/mol. The summed E-state index contributed by atoms with van der Waals surface area (Å²) >= 11 is 0. The van der Waals surface area contributed by atoms with E-state index in [2.05, 4.69) is 16.8 Å². The minimum Gasteiger partial charge on any atom is -0.462 e. The molecule has 2 heterocycles. The zero-order valence-electron chi connectivity index (χ0n) is 12.0. The van der Waals surface area contributed by atoms with E-state index in [1.807, 2.05) is 19.9 Å². The van der Waals surface area contributed by atoms with Gasteiger partial charge in [-0.25, -0.2) is 4.79 Å². The zero-order chi connectivity index (χ0) is 13.8. The number of carbonyl (C=O) groups excluding carboxylic acids is 1. The maximum atomic E-state index is 11.9. The van der Waals surface area contributed by atoms with Gasteiger partial charge in [0.05, 0.1) is 17.9 Å². The molecule has 1 aromatic heterocycles. The molecule has 19 heavy (non-hydrogen) atoms. The van der Waals surface area contributed by atoms with Crippen LogP contribution in [0.1, 0.15) is 47.6 Å². The summed E-state index contributed by atoms with van der Waals surface area (Å²) in [4.78, 5) is 18.9. The number of fused-ring (bicyclic) bond motifs is 1. The van der Waals surface area contributed by atoms with Crippen molar-refractivity contribution in [3.63, 3.8) is 0 Å². The fraction of sp³-hybridized carbons (Fsp3) is 0.600. The third kappa shape index (κ3) is 3.13. The molecule has 4 nitrogen and oxygen atoms in total. The second-order valence-corrected chi connectivity index (χ2v) is 4.97. The highest BCUT2D eigenvalue weighted by Gasteiger charge is 2.20. The van der Waals surface area contributed by atoms with Gasteiger partial charge in [0, 0.05) is 25.2 Å². The summed E-state index contributed by atoms with van der Waals surface area (Å²) in [6.45, 7) is 9.34. The second-order valence-electron chi connectivity index (χ2n) is 4.97. The van der Waals surface area contributed by atoms with Crippen LogP contribution in [-0.2, 0) is 17.7 Å². The van der Waals surface area contributed by atoms with Crippen LogP contribution in [0.25, 0.3) is 0 Å². The molecule has 104 valence electrons. The number of rotatable bonds is 4. The van der Waals surface area contributed by atoms with Crippen LogP contribution in [0.3, 0.4) is 0 Å². The Morgan fingerprint density at radius 3 is 2.95 bits per heavy atom. The van der Waals surface area contributed by atoms with E-state index in [0.29, 0.717) is 12.2 Å². The maximum Gasteiger partial charge on any atom is 0.339 e. The first-order chi connectivity index (χ1) is 9.15. The summed E-state index contributed by atoms with van der Waals surface area (Å²) < 4.78 is 5.08. The van der Waals surface area contributed by atoms with E-state index < -0.39 is 0 Å². The molecule has 0 unspecified atom stereocenters. The van der Waals surface area contributed by atoms with Gasteiger partial charge in [0.15, 0.2) is 0 Å². The monoisotopic (exact) mass is 262 g/mol. The van der Waals surface area contributed by atoms with Crippen LogP contribution in [0.2, 0.25) is 0 Å². The van der Waals surface area contributed by atoms with Crippen molar-refractivity contribution in [2.45, 2.75) is 40.2 Å². The summed E-state index contributed by atoms with van der Waals surface area (Å²) in [5, 5.41) is 0. The number of carbonyl (C=O) groups is 1. The Morgan fingerprint density at radius 2 is 2.26 bits per heavy atom. The predicted molar refractivity (Wildman–Crippen MR) is 74.2 cm³/mol. The van der Waals surface area contributed by atoms with E-state index in [4.69, 9.17) is 4.74 Å². The van der Waals surface area contributed by atoms with E-state index in [0.717, 1.165) is 43.9 Å². The molecule has 2 rings (SSSR count). The first kappa shape index (κ1) is 14.0. The highest BCUT2D eigenvalue weighted by molar-refractivity contribution is 5.90. The Bertz CT molecular complexity index is 471. The molecule has 4 heteroatoms. The zero-order valence-corrected chi connectivity index (χ0v) is 12.0. The molecule has 0 spiro atoms. The van der Waals surface area contributed by atoms with Crippen LogP contribution in [-0.4, -0.2) is 35.5 Å². The Hall–Kier alpha value is -1.42. The molecule has 0 bridgehead atoms. The Morgan fingerprint density at radius 1 is 1.47 bits per heavy atom. The lowest BCUT2D eigenvalue weighted by atomic mass is 10.0. The number of ether oxygens (including phenoxy) is 1. The van der Waals surface area contributed by atoms with Crippen molar-refractivity contribution in [3.8, 4) is 0 Å². The highest BCUT2D eigenvalue weighted by atomic mass is 16.5. The van der Waals surface area contributed by atoms with E-state index in [-0.39, 0.29) is 5.97 Å². The summed E-state index contributed by atoms with van der Waals surface area (Å²) in [6.07, 6.45) is 2.12. The smallest absolute Gasteiger partial charge is 0.339 e. The highest BCUT2D eigenvalue weighted by Crippen LogP contribution is 2.21. The van der Waals surface area contributed by atoms with Crippen LogP contribution in [0.4, 0.5) is 0 Å². The van der Waals surface area contributed by atoms with Crippen molar-refractivity contribution < 1.29 is 9.53 Å². The fourth-order valence-corrected chi connectivity index (χ4v) is 2.56. The first-order valence-corrected chi connectivity index (χ1v) is 7.04. The van der Waals surface area contributed by atoms with Crippen LogP contribution in [0.5, 0.6) is 0 Å². The molecule has 0 radical (unpaired) electrons. The Labute approximate surface area is 114 Å². The van der Waals surface area contributed by atoms with Crippen LogP contribution in [0.15, 0.2) is 6.07 Å². The summed E-state index contributed by atoms with van der Waals surface area (Å²) in [5.41, 5.74) is 3.70. The lowest BCUT2D eigenvalue weighted by Crippen LogP contribution is -2.32. The number of aromatic nitrogens is 1. The number of nitrogens with zero attached hydrogens (tertiary/aromatic N) is 2. The molecule has 1 aliphatic rings. The Balaban J connectivity index is 2.25. The molecule has 0 amide bonds. The summed E-state index contributed by atoms with van der Waals surface area (Å²) in [6, 6.07) is 1.97. The van der Waals surface area contributed by atoms with Crippen molar-refractivity contribution in [1.29, 1.82) is 0 Å². The molecule has 1 aliphatic heterocycles. The quantitative estimate of drug-likeness (QED) is 0.781. The molecule has 0 fully saturated rings. The Kier molecular flexibility index (Phi) is 4.53. The minimum atomic E-state index is -0.261. The van der Waals surface area contributed by atoms with Gasteiger partial charge in [-0.1, -0.05) is 6.92 Å².